The molecule has 0 aromatic rings. The van der Waals surface area contributed by atoms with Crippen LogP contribution < -0.4 is 24.8 Å². The van der Waals surface area contributed by atoms with Crippen LogP contribution in [0.1, 0.15) is 39.5 Å². The van der Waals surface area contributed by atoms with Crippen LogP contribution in [0.25, 0.3) is 0 Å². The van der Waals surface area contributed by atoms with E-state index in [-0.39, 0.29) is 51.0 Å². The third-order valence-corrected chi connectivity index (χ3v) is 3.78. The maximum Gasteiger partial charge on any atom is 4.00 e. The first-order valence-corrected chi connectivity index (χ1v) is 8.35. The zero-order chi connectivity index (χ0) is 14.5. The predicted molar refractivity (Wildman–Crippen MR) is 94.5 cm³/mol. The Hall–Kier alpha value is 0.553. The van der Waals surface area contributed by atoms with Gasteiger partial charge >= 0.3 is 26.2 Å². The van der Waals surface area contributed by atoms with Gasteiger partial charge in [-0.1, -0.05) is 64.8 Å². The van der Waals surface area contributed by atoms with Crippen molar-refractivity contribution in [2.75, 3.05) is 0 Å². The number of halogens is 2. The molecule has 2 aliphatic heterocycles. The van der Waals surface area contributed by atoms with Crippen LogP contribution in [0.4, 0.5) is 0 Å². The van der Waals surface area contributed by atoms with Gasteiger partial charge in [0.15, 0.2) is 0 Å². The quantitative estimate of drug-likeness (QED) is 0.396. The smallest absolute Gasteiger partial charge is 1.00 e. The summed E-state index contributed by atoms with van der Waals surface area (Å²) in [6.45, 7) is 5.90. The molecule has 0 aromatic heterocycles. The number of rotatable bonds is 6. The molecular formula is C18H28B2Cl2Zr. The summed E-state index contributed by atoms with van der Waals surface area (Å²) in [5.74, 6) is 6.68. The average molecular weight is 428 g/mol. The van der Waals surface area contributed by atoms with E-state index < -0.39 is 0 Å². The molecule has 0 radical (unpaired) electrons. The molecule has 0 aliphatic carbocycles. The molecular weight excluding hydrogens is 400 g/mol. The second kappa shape index (κ2) is 20.6. The van der Waals surface area contributed by atoms with Crippen molar-refractivity contribution in [3.05, 3.63) is 48.4 Å². The summed E-state index contributed by atoms with van der Waals surface area (Å²) in [6, 6.07) is 0. The molecule has 0 atom stereocenters. The molecule has 2 aliphatic rings. The van der Waals surface area contributed by atoms with Crippen molar-refractivity contribution in [3.63, 3.8) is 0 Å². The van der Waals surface area contributed by atoms with Gasteiger partial charge < -0.3 is 36.8 Å². The summed E-state index contributed by atoms with van der Waals surface area (Å²) < 4.78 is 0. The van der Waals surface area contributed by atoms with Crippen LogP contribution >= 0.6 is 0 Å². The Kier molecular flexibility index (Phi) is 25.4. The fourth-order valence-corrected chi connectivity index (χ4v) is 2.44. The van der Waals surface area contributed by atoms with Gasteiger partial charge in [-0.05, 0) is 0 Å². The zero-order valence-electron chi connectivity index (χ0n) is 14.5. The van der Waals surface area contributed by atoms with Gasteiger partial charge in [-0.3, -0.25) is 0 Å². The Labute approximate surface area is 176 Å². The topological polar surface area (TPSA) is 0 Å². The van der Waals surface area contributed by atoms with Gasteiger partial charge in [0.2, 0.25) is 0 Å². The number of unbranched alkanes of at least 4 members (excludes halogenated alkanes) is 2. The minimum atomic E-state index is 0. The van der Waals surface area contributed by atoms with E-state index in [1.165, 1.54) is 51.0 Å². The fourth-order valence-electron chi connectivity index (χ4n) is 2.44. The molecule has 2 heterocycles. The molecule has 0 unspecified atom stereocenters. The number of hydrogen-bond donors (Lipinski definition) is 0. The van der Waals surface area contributed by atoms with Gasteiger partial charge in [-0.15, -0.1) is 0 Å². The van der Waals surface area contributed by atoms with Crippen molar-refractivity contribution in [2.45, 2.75) is 64.8 Å². The van der Waals surface area contributed by atoms with Crippen molar-refractivity contribution in [1.82, 2.24) is 0 Å². The minimum absolute atomic E-state index is 0. The van der Waals surface area contributed by atoms with Crippen molar-refractivity contribution >= 4 is 13.4 Å². The fraction of sp³-hybridized carbons (Fsp3) is 0.556. The van der Waals surface area contributed by atoms with Crippen LogP contribution in [0.5, 0.6) is 0 Å². The van der Waals surface area contributed by atoms with Crippen LogP contribution in [-0.2, 0) is 26.2 Å². The van der Waals surface area contributed by atoms with Crippen LogP contribution in [0, 0.1) is 12.0 Å². The molecule has 0 bridgehead atoms. The van der Waals surface area contributed by atoms with Gasteiger partial charge in [-0.2, -0.15) is 12.2 Å². The van der Waals surface area contributed by atoms with E-state index in [0.29, 0.717) is 13.4 Å². The Morgan fingerprint density at radius 3 is 1.43 bits per heavy atom. The Bertz CT molecular complexity index is 321. The van der Waals surface area contributed by atoms with E-state index in [0.717, 1.165) is 0 Å². The molecule has 0 aromatic carbocycles. The third-order valence-electron chi connectivity index (χ3n) is 3.78. The average Bonchev–Trinajstić information content (AvgIpc) is 2.53. The molecule has 0 spiro atoms. The van der Waals surface area contributed by atoms with Crippen LogP contribution in [0.2, 0.25) is 25.3 Å². The first-order chi connectivity index (χ1) is 9.86. The third kappa shape index (κ3) is 15.8. The second-order valence-electron chi connectivity index (χ2n) is 5.67. The molecule has 23 heavy (non-hydrogen) atoms. The van der Waals surface area contributed by atoms with E-state index in [2.05, 4.69) is 50.1 Å². The van der Waals surface area contributed by atoms with Crippen molar-refractivity contribution in [1.29, 1.82) is 0 Å². The molecule has 124 valence electrons. The van der Waals surface area contributed by atoms with Crippen molar-refractivity contribution in [2.24, 2.45) is 0 Å². The maximum absolute atomic E-state index is 3.34. The SMILES string of the molecule is CCCCB1[C-]=CC=CC1.CCCCB1[C-]=CC=CC1.[Cl-].[Cl-].[Zr+4]. The van der Waals surface area contributed by atoms with Gasteiger partial charge in [0.05, 0.1) is 13.4 Å². The number of hydrogen-bond acceptors (Lipinski definition) is 0. The van der Waals surface area contributed by atoms with E-state index in [9.17, 15) is 0 Å². The van der Waals surface area contributed by atoms with Gasteiger partial charge in [0.1, 0.15) is 0 Å². The molecule has 0 saturated heterocycles. The van der Waals surface area contributed by atoms with Gasteiger partial charge in [-0.25, -0.2) is 24.3 Å². The van der Waals surface area contributed by atoms with Crippen LogP contribution in [0.15, 0.2) is 36.5 Å². The van der Waals surface area contributed by atoms with Crippen LogP contribution in [0.3, 0.4) is 0 Å². The molecule has 0 saturated carbocycles. The van der Waals surface area contributed by atoms with E-state index in [1.807, 2.05) is 12.2 Å². The summed E-state index contributed by atoms with van der Waals surface area (Å²) in [4.78, 5) is 0. The normalized spacial score (nSPS) is 14.2. The standard InChI is InChI=1S/2C9H14B.2ClH.Zr/c2*1-2-3-7-10-8-5-4-6-9-10;;;/h2*4-6H,2-3,7-8H2,1H3;2*1H;/q2*-1;;;+4/p-2. The Morgan fingerprint density at radius 1 is 0.783 bits per heavy atom. The first-order valence-electron chi connectivity index (χ1n) is 8.35. The second-order valence-corrected chi connectivity index (χ2v) is 5.67. The molecule has 0 amide bonds. The Balaban J connectivity index is -0.000000308. The monoisotopic (exact) mass is 426 g/mol. The van der Waals surface area contributed by atoms with E-state index >= 15 is 0 Å². The predicted octanol–water partition coefficient (Wildman–Crippen LogP) is -0.495. The number of allylic oxidation sites excluding steroid dienone is 6. The summed E-state index contributed by atoms with van der Waals surface area (Å²) >= 11 is 0. The molecule has 5 heteroatoms. The molecule has 0 N–H and O–H groups in total. The van der Waals surface area contributed by atoms with Gasteiger partial charge in [0.25, 0.3) is 0 Å². The summed E-state index contributed by atoms with van der Waals surface area (Å²) in [7, 11) is 0. The Morgan fingerprint density at radius 2 is 1.17 bits per heavy atom. The summed E-state index contributed by atoms with van der Waals surface area (Å²) in [5.41, 5.74) is 0. The van der Waals surface area contributed by atoms with E-state index in [4.69, 9.17) is 0 Å². The van der Waals surface area contributed by atoms with Crippen molar-refractivity contribution in [3.8, 4) is 0 Å². The largest absolute Gasteiger partial charge is 4.00 e. The van der Waals surface area contributed by atoms with Crippen molar-refractivity contribution < 1.29 is 51.0 Å². The molecule has 2 rings (SSSR count). The first kappa shape index (κ1) is 28.4. The molecule has 0 fully saturated rings. The van der Waals surface area contributed by atoms with Crippen LogP contribution in [-0.4, -0.2) is 13.4 Å². The van der Waals surface area contributed by atoms with Gasteiger partial charge in [0, 0.05) is 0 Å². The summed E-state index contributed by atoms with van der Waals surface area (Å²) in [5, 5.41) is 0. The van der Waals surface area contributed by atoms with E-state index in [1.54, 1.807) is 0 Å². The molecule has 0 nitrogen and oxygen atoms in total. The maximum atomic E-state index is 3.34. The summed E-state index contributed by atoms with van der Waals surface area (Å²) in [6.07, 6.45) is 23.1. The zero-order valence-corrected chi connectivity index (χ0v) is 18.5. The minimum Gasteiger partial charge on any atom is -1.00 e.